The summed E-state index contributed by atoms with van der Waals surface area (Å²) in [4.78, 5) is 0. The number of benzene rings is 4. The zero-order valence-electron chi connectivity index (χ0n) is 27.5. The summed E-state index contributed by atoms with van der Waals surface area (Å²) in [6, 6.07) is 34.8. The first kappa shape index (κ1) is 27.7. The molecule has 0 aliphatic heterocycles. The highest BCUT2D eigenvalue weighted by molar-refractivity contribution is 6.07. The third-order valence-electron chi connectivity index (χ3n) is 11.6. The minimum atomic E-state index is -0.161. The van der Waals surface area contributed by atoms with E-state index in [1.807, 2.05) is 0 Å². The summed E-state index contributed by atoms with van der Waals surface area (Å²) in [6.45, 7) is 0. The lowest BCUT2D eigenvalue weighted by Crippen LogP contribution is -2.24. The first-order chi connectivity index (χ1) is 24.7. The van der Waals surface area contributed by atoms with Crippen molar-refractivity contribution in [2.45, 2.75) is 0 Å². The average Bonchev–Trinajstić information content (AvgIpc) is 3.94. The van der Waals surface area contributed by atoms with Crippen LogP contribution in [0.5, 0.6) is 0 Å². The van der Waals surface area contributed by atoms with E-state index in [4.69, 9.17) is 0 Å². The Hall–Kier alpha value is -6.24. The topological polar surface area (TPSA) is 0 Å². The Kier molecular flexibility index (Phi) is 5.61. The minimum absolute atomic E-state index is 0.161. The fourth-order valence-electron chi connectivity index (χ4n) is 9.38. The highest BCUT2D eigenvalue weighted by Crippen LogP contribution is 2.60. The molecule has 0 unspecified atom stereocenters. The third-order valence-corrected chi connectivity index (χ3v) is 11.6. The van der Waals surface area contributed by atoms with Crippen LogP contribution in [0, 0.1) is 10.8 Å². The van der Waals surface area contributed by atoms with Crippen LogP contribution in [0.2, 0.25) is 0 Å². The third kappa shape index (κ3) is 3.66. The largest absolute Gasteiger partial charge is 0.0657 e. The molecule has 50 heavy (non-hydrogen) atoms. The number of hydrogen-bond donors (Lipinski definition) is 0. The van der Waals surface area contributed by atoms with Crippen LogP contribution in [0.4, 0.5) is 0 Å². The smallest absolute Gasteiger partial charge is 0.0581 e. The van der Waals surface area contributed by atoms with Gasteiger partial charge in [0.2, 0.25) is 0 Å². The molecule has 0 radical (unpaired) electrons. The molecule has 0 N–H and O–H groups in total. The van der Waals surface area contributed by atoms with Gasteiger partial charge in [0.25, 0.3) is 0 Å². The summed E-state index contributed by atoms with van der Waals surface area (Å²) in [7, 11) is 0. The van der Waals surface area contributed by atoms with E-state index < -0.39 is 0 Å². The first-order valence-electron chi connectivity index (χ1n) is 17.6. The van der Waals surface area contributed by atoms with Gasteiger partial charge in [0.05, 0.1) is 10.8 Å². The molecule has 0 saturated carbocycles. The molecule has 8 aliphatic rings. The van der Waals surface area contributed by atoms with Crippen molar-refractivity contribution >= 4 is 46.6 Å². The monoisotopic (exact) mass is 632 g/mol. The van der Waals surface area contributed by atoms with Crippen LogP contribution in [-0.4, -0.2) is 0 Å². The molecular formula is C50H32. The van der Waals surface area contributed by atoms with E-state index in [2.05, 4.69) is 194 Å². The molecule has 0 heteroatoms. The Morgan fingerprint density at radius 3 is 0.780 bits per heavy atom. The van der Waals surface area contributed by atoms with Crippen molar-refractivity contribution in [2.75, 3.05) is 0 Å². The standard InChI is InChI=1S/2C25H16/c2*1-3-9-19-17(7-1)15-23-21(19)11-5-13-25(23)14-6-12-22-20-10-4-2-8-18(20)16-24(22)25/h2*1-16H. The van der Waals surface area contributed by atoms with Crippen molar-refractivity contribution in [1.82, 2.24) is 0 Å². The summed E-state index contributed by atoms with van der Waals surface area (Å²) in [6.07, 6.45) is 36.9. The molecule has 0 bridgehead atoms. The Morgan fingerprint density at radius 1 is 0.280 bits per heavy atom. The van der Waals surface area contributed by atoms with E-state index in [-0.39, 0.29) is 10.8 Å². The molecule has 12 rings (SSSR count). The SMILES string of the molecule is C1=CC2(C=CC=C3C2=Cc2ccccc23)C2=Cc3ccccc3C2=C1.C1=CC2(C=CC=C3C2=Cc2ccccc23)C2=Cc3ccccc3C2=C1. The minimum Gasteiger partial charge on any atom is -0.0657 e. The predicted molar refractivity (Wildman–Crippen MR) is 211 cm³/mol. The zero-order chi connectivity index (χ0) is 32.9. The molecule has 4 aromatic carbocycles. The Balaban J connectivity index is 0.000000120. The van der Waals surface area contributed by atoms with Gasteiger partial charge in [0.1, 0.15) is 0 Å². The number of fused-ring (bicyclic) bond motifs is 16. The van der Waals surface area contributed by atoms with Crippen molar-refractivity contribution in [3.63, 3.8) is 0 Å². The van der Waals surface area contributed by atoms with E-state index in [1.54, 1.807) is 0 Å². The number of allylic oxidation sites excluding steroid dienone is 20. The van der Waals surface area contributed by atoms with Gasteiger partial charge in [-0.25, -0.2) is 0 Å². The van der Waals surface area contributed by atoms with Crippen LogP contribution in [0.1, 0.15) is 44.5 Å². The maximum Gasteiger partial charge on any atom is 0.0581 e. The van der Waals surface area contributed by atoms with Crippen LogP contribution >= 0.6 is 0 Å². The maximum absolute atomic E-state index is 2.38. The zero-order valence-corrected chi connectivity index (χ0v) is 27.5. The second-order valence-electron chi connectivity index (χ2n) is 14.1. The van der Waals surface area contributed by atoms with Crippen molar-refractivity contribution in [2.24, 2.45) is 10.8 Å². The van der Waals surface area contributed by atoms with Crippen LogP contribution in [0.15, 0.2) is 192 Å². The number of hydrogen-bond acceptors (Lipinski definition) is 0. The van der Waals surface area contributed by atoms with E-state index in [1.165, 1.54) is 89.1 Å². The molecule has 4 aromatic rings. The van der Waals surface area contributed by atoms with Gasteiger partial charge in [-0.3, -0.25) is 0 Å². The Labute approximate surface area is 293 Å². The lowest BCUT2D eigenvalue weighted by Gasteiger charge is -2.36. The van der Waals surface area contributed by atoms with Gasteiger partial charge < -0.3 is 0 Å². The van der Waals surface area contributed by atoms with Gasteiger partial charge in [0, 0.05) is 0 Å². The summed E-state index contributed by atoms with van der Waals surface area (Å²) in [5.74, 6) is 0. The normalized spacial score (nSPS) is 20.2. The molecule has 0 fully saturated rings. The second-order valence-corrected chi connectivity index (χ2v) is 14.1. The van der Waals surface area contributed by atoms with E-state index in [9.17, 15) is 0 Å². The first-order valence-corrected chi connectivity index (χ1v) is 17.6. The highest BCUT2D eigenvalue weighted by atomic mass is 14.5. The number of rotatable bonds is 0. The summed E-state index contributed by atoms with van der Waals surface area (Å²) >= 11 is 0. The van der Waals surface area contributed by atoms with E-state index in [0.29, 0.717) is 0 Å². The van der Waals surface area contributed by atoms with Crippen molar-refractivity contribution < 1.29 is 0 Å². The molecule has 0 heterocycles. The van der Waals surface area contributed by atoms with Crippen molar-refractivity contribution in [3.05, 3.63) is 237 Å². The van der Waals surface area contributed by atoms with Crippen molar-refractivity contribution in [1.29, 1.82) is 0 Å². The molecule has 0 aromatic heterocycles. The maximum atomic E-state index is 2.38. The fraction of sp³-hybridized carbons (Fsp3) is 0.0400. The van der Waals surface area contributed by atoms with Gasteiger partial charge in [-0.1, -0.05) is 170 Å². The lowest BCUT2D eigenvalue weighted by atomic mass is 9.65. The van der Waals surface area contributed by atoms with Crippen molar-refractivity contribution in [3.8, 4) is 0 Å². The molecule has 0 nitrogen and oxygen atoms in total. The summed E-state index contributed by atoms with van der Waals surface area (Å²) in [5, 5.41) is 0. The lowest BCUT2D eigenvalue weighted by molar-refractivity contribution is 0.754. The van der Waals surface area contributed by atoms with Gasteiger partial charge in [0.15, 0.2) is 0 Å². The Bertz CT molecular complexity index is 2250. The second kappa shape index (κ2) is 10.1. The van der Waals surface area contributed by atoms with Gasteiger partial charge in [-0.15, -0.1) is 0 Å². The van der Waals surface area contributed by atoms with Gasteiger partial charge in [-0.2, -0.15) is 0 Å². The van der Waals surface area contributed by atoms with E-state index in [0.717, 1.165) is 0 Å². The molecule has 8 aliphatic carbocycles. The molecule has 232 valence electrons. The quantitative estimate of drug-likeness (QED) is 0.181. The molecular weight excluding hydrogens is 601 g/mol. The van der Waals surface area contributed by atoms with Crippen LogP contribution in [0.3, 0.4) is 0 Å². The predicted octanol–water partition coefficient (Wildman–Crippen LogP) is 12.1. The molecule has 0 atom stereocenters. The van der Waals surface area contributed by atoms with Gasteiger partial charge >= 0.3 is 0 Å². The molecule has 2 spiro atoms. The highest BCUT2D eigenvalue weighted by Gasteiger charge is 2.45. The molecule has 0 saturated heterocycles. The molecule has 0 amide bonds. The van der Waals surface area contributed by atoms with Crippen LogP contribution < -0.4 is 0 Å². The fourth-order valence-corrected chi connectivity index (χ4v) is 9.38. The summed E-state index contributed by atoms with van der Waals surface area (Å²) in [5.41, 5.74) is 21.4. The van der Waals surface area contributed by atoms with Crippen LogP contribution in [0.25, 0.3) is 46.6 Å². The summed E-state index contributed by atoms with van der Waals surface area (Å²) < 4.78 is 0. The van der Waals surface area contributed by atoms with Crippen LogP contribution in [-0.2, 0) is 0 Å². The Morgan fingerprint density at radius 2 is 0.520 bits per heavy atom. The van der Waals surface area contributed by atoms with E-state index >= 15 is 0 Å². The van der Waals surface area contributed by atoms with Gasteiger partial charge in [-0.05, 0) is 113 Å². The average molecular weight is 633 g/mol.